The monoisotopic (exact) mass is 328 g/mol. The molecule has 0 amide bonds. The van der Waals surface area contributed by atoms with E-state index in [2.05, 4.69) is 13.8 Å². The summed E-state index contributed by atoms with van der Waals surface area (Å²) in [7, 11) is 0. The lowest BCUT2D eigenvalue weighted by Crippen LogP contribution is -2.29. The highest BCUT2D eigenvalue weighted by atomic mass is 16.6. The summed E-state index contributed by atoms with van der Waals surface area (Å²) >= 11 is 0. The first-order valence-electron chi connectivity index (χ1n) is 9.05. The van der Waals surface area contributed by atoms with Crippen LogP contribution >= 0.6 is 0 Å². The number of aliphatic carboxylic acids is 1. The summed E-state index contributed by atoms with van der Waals surface area (Å²) in [5.41, 5.74) is 0. The van der Waals surface area contributed by atoms with E-state index in [0.29, 0.717) is 25.4 Å². The molecule has 134 valence electrons. The van der Waals surface area contributed by atoms with Crippen LogP contribution in [0.15, 0.2) is 0 Å². The molecule has 1 N–H and O–H groups in total. The van der Waals surface area contributed by atoms with E-state index in [9.17, 15) is 9.59 Å². The van der Waals surface area contributed by atoms with E-state index in [0.717, 1.165) is 25.9 Å². The number of ether oxygens (including phenoxy) is 2. The fourth-order valence-electron chi connectivity index (χ4n) is 3.10. The fourth-order valence-corrected chi connectivity index (χ4v) is 3.10. The van der Waals surface area contributed by atoms with Crippen LogP contribution in [-0.4, -0.2) is 36.9 Å². The van der Waals surface area contributed by atoms with Gasteiger partial charge in [-0.3, -0.25) is 9.59 Å². The van der Waals surface area contributed by atoms with Crippen LogP contribution in [0.1, 0.15) is 65.2 Å². The Morgan fingerprint density at radius 1 is 1.17 bits per heavy atom. The molecule has 0 heterocycles. The molecule has 3 atom stereocenters. The van der Waals surface area contributed by atoms with Crippen LogP contribution in [0.25, 0.3) is 0 Å². The normalized spacial score (nSPS) is 22.5. The van der Waals surface area contributed by atoms with Crippen molar-refractivity contribution in [3.05, 3.63) is 0 Å². The summed E-state index contributed by atoms with van der Waals surface area (Å²) in [6.45, 7) is 5.76. The van der Waals surface area contributed by atoms with Crippen molar-refractivity contribution in [2.45, 2.75) is 65.2 Å². The average molecular weight is 328 g/mol. The molecule has 1 saturated carbocycles. The van der Waals surface area contributed by atoms with E-state index in [1.54, 1.807) is 0 Å². The number of hydrogen-bond donors (Lipinski definition) is 1. The zero-order valence-corrected chi connectivity index (χ0v) is 14.6. The number of unbranched alkanes of at least 4 members (excludes halogenated alkanes) is 1. The molecule has 1 fully saturated rings. The van der Waals surface area contributed by atoms with Gasteiger partial charge in [-0.2, -0.15) is 0 Å². The predicted molar refractivity (Wildman–Crippen MR) is 88.2 cm³/mol. The molecule has 0 aromatic carbocycles. The number of carbonyl (C=O) groups excluding carboxylic acids is 1. The van der Waals surface area contributed by atoms with Crippen molar-refractivity contribution in [1.29, 1.82) is 0 Å². The molecule has 0 bridgehead atoms. The minimum atomic E-state index is -0.802. The molecular formula is C18H32O5. The highest BCUT2D eigenvalue weighted by molar-refractivity contribution is 5.75. The van der Waals surface area contributed by atoms with Gasteiger partial charge in [0.25, 0.3) is 0 Å². The zero-order valence-electron chi connectivity index (χ0n) is 14.6. The van der Waals surface area contributed by atoms with Gasteiger partial charge in [0, 0.05) is 6.61 Å². The van der Waals surface area contributed by atoms with Crippen molar-refractivity contribution in [3.8, 4) is 0 Å². The maximum atomic E-state index is 12.0. The lowest BCUT2D eigenvalue weighted by Gasteiger charge is -2.25. The van der Waals surface area contributed by atoms with Gasteiger partial charge in [0.1, 0.15) is 6.61 Å². The van der Waals surface area contributed by atoms with E-state index in [1.165, 1.54) is 19.3 Å². The quantitative estimate of drug-likeness (QED) is 0.463. The number of carboxylic acids is 1. The number of esters is 1. The van der Waals surface area contributed by atoms with Gasteiger partial charge in [-0.25, -0.2) is 0 Å². The van der Waals surface area contributed by atoms with Crippen LogP contribution in [0, 0.1) is 17.8 Å². The van der Waals surface area contributed by atoms with Crippen molar-refractivity contribution < 1.29 is 24.2 Å². The van der Waals surface area contributed by atoms with Gasteiger partial charge in [0.15, 0.2) is 0 Å². The molecule has 1 rings (SSSR count). The van der Waals surface area contributed by atoms with Gasteiger partial charge in [-0.15, -0.1) is 0 Å². The molecular weight excluding hydrogens is 296 g/mol. The Morgan fingerprint density at radius 2 is 1.91 bits per heavy atom. The van der Waals surface area contributed by atoms with Crippen LogP contribution < -0.4 is 0 Å². The first kappa shape index (κ1) is 19.9. The highest BCUT2D eigenvalue weighted by Gasteiger charge is 2.31. The van der Waals surface area contributed by atoms with Crippen LogP contribution in [-0.2, 0) is 19.1 Å². The van der Waals surface area contributed by atoms with Crippen molar-refractivity contribution in [2.24, 2.45) is 17.8 Å². The van der Waals surface area contributed by atoms with Gasteiger partial charge >= 0.3 is 11.9 Å². The minimum absolute atomic E-state index is 0.261. The van der Waals surface area contributed by atoms with Crippen LogP contribution in [0.2, 0.25) is 0 Å². The fraction of sp³-hybridized carbons (Fsp3) is 0.889. The molecule has 1 aliphatic rings. The van der Waals surface area contributed by atoms with Gasteiger partial charge in [0.05, 0.1) is 18.4 Å². The summed E-state index contributed by atoms with van der Waals surface area (Å²) in [5.74, 6) is -1.15. The molecule has 23 heavy (non-hydrogen) atoms. The summed E-state index contributed by atoms with van der Waals surface area (Å²) < 4.78 is 10.9. The second-order valence-electron chi connectivity index (χ2n) is 6.56. The molecule has 5 nitrogen and oxygen atoms in total. The highest BCUT2D eigenvalue weighted by Crippen LogP contribution is 2.30. The standard InChI is InChI=1S/C18H32O5/c1-3-5-7-14(4-2)13-22-10-11-23-18(21)16-9-6-8-15(12-16)17(19)20/h14-16H,3-13H2,1-2H3,(H,19,20). The Morgan fingerprint density at radius 3 is 2.57 bits per heavy atom. The molecule has 0 spiro atoms. The summed E-state index contributed by atoms with van der Waals surface area (Å²) in [4.78, 5) is 23.0. The molecule has 0 saturated heterocycles. The third-order valence-corrected chi connectivity index (χ3v) is 4.73. The first-order valence-corrected chi connectivity index (χ1v) is 9.05. The van der Waals surface area contributed by atoms with Gasteiger partial charge in [-0.05, 0) is 31.6 Å². The van der Waals surface area contributed by atoms with Gasteiger partial charge in [0.2, 0.25) is 0 Å². The number of hydrogen-bond acceptors (Lipinski definition) is 4. The minimum Gasteiger partial charge on any atom is -0.481 e. The van der Waals surface area contributed by atoms with Crippen LogP contribution in [0.3, 0.4) is 0 Å². The third-order valence-electron chi connectivity index (χ3n) is 4.73. The molecule has 0 radical (unpaired) electrons. The van der Waals surface area contributed by atoms with Crippen molar-refractivity contribution in [1.82, 2.24) is 0 Å². The molecule has 5 heteroatoms. The van der Waals surface area contributed by atoms with Crippen molar-refractivity contribution in [2.75, 3.05) is 19.8 Å². The van der Waals surface area contributed by atoms with E-state index < -0.39 is 11.9 Å². The lowest BCUT2D eigenvalue weighted by molar-refractivity contribution is -0.153. The molecule has 3 unspecified atom stereocenters. The van der Waals surface area contributed by atoms with Crippen LogP contribution in [0.5, 0.6) is 0 Å². The smallest absolute Gasteiger partial charge is 0.309 e. The van der Waals surface area contributed by atoms with Gasteiger partial charge < -0.3 is 14.6 Å². The number of carboxylic acid groups (broad SMARTS) is 1. The number of rotatable bonds is 11. The zero-order chi connectivity index (χ0) is 17.1. The SMILES string of the molecule is CCCCC(CC)COCCOC(=O)C1CCCC(C(=O)O)C1. The van der Waals surface area contributed by atoms with Crippen molar-refractivity contribution in [3.63, 3.8) is 0 Å². The Kier molecular flexibility index (Phi) is 9.92. The maximum Gasteiger partial charge on any atom is 0.309 e. The Labute approximate surface area is 139 Å². The predicted octanol–water partition coefficient (Wildman–Crippen LogP) is 3.65. The first-order chi connectivity index (χ1) is 11.1. The maximum absolute atomic E-state index is 12.0. The van der Waals surface area contributed by atoms with Crippen LogP contribution in [0.4, 0.5) is 0 Å². The second kappa shape index (κ2) is 11.4. The largest absolute Gasteiger partial charge is 0.481 e. The Bertz CT molecular complexity index is 355. The number of carbonyl (C=O) groups is 2. The Balaban J connectivity index is 2.15. The second-order valence-corrected chi connectivity index (χ2v) is 6.56. The van der Waals surface area contributed by atoms with E-state index in [1.807, 2.05) is 0 Å². The summed E-state index contributed by atoms with van der Waals surface area (Å²) in [6, 6.07) is 0. The molecule has 0 aliphatic heterocycles. The van der Waals surface area contributed by atoms with Gasteiger partial charge in [-0.1, -0.05) is 39.5 Å². The third kappa shape index (κ3) is 7.82. The average Bonchev–Trinajstić information content (AvgIpc) is 2.57. The Hall–Kier alpha value is -1.10. The summed E-state index contributed by atoms with van der Waals surface area (Å²) in [6.07, 6.45) is 7.31. The van der Waals surface area contributed by atoms with E-state index in [-0.39, 0.29) is 18.5 Å². The van der Waals surface area contributed by atoms with E-state index >= 15 is 0 Å². The van der Waals surface area contributed by atoms with E-state index in [4.69, 9.17) is 14.6 Å². The summed E-state index contributed by atoms with van der Waals surface area (Å²) in [5, 5.41) is 9.05. The molecule has 0 aromatic rings. The van der Waals surface area contributed by atoms with Crippen molar-refractivity contribution >= 4 is 11.9 Å². The topological polar surface area (TPSA) is 72.8 Å². The lowest BCUT2D eigenvalue weighted by atomic mass is 9.81. The molecule has 0 aromatic heterocycles. The molecule has 1 aliphatic carbocycles.